The third kappa shape index (κ3) is 7.88. The van der Waals surface area contributed by atoms with Crippen molar-refractivity contribution in [2.45, 2.75) is 24.9 Å². The second-order valence-electron chi connectivity index (χ2n) is 4.57. The Balaban J connectivity index is 0.000000163. The molecule has 19 heavy (non-hydrogen) atoms. The molecular formula is C15H22O2S2. The van der Waals surface area contributed by atoms with Crippen LogP contribution in [0, 0.1) is 0 Å². The molecule has 0 N–H and O–H groups in total. The van der Waals surface area contributed by atoms with Gasteiger partial charge in [0.05, 0.1) is 25.4 Å². The summed E-state index contributed by atoms with van der Waals surface area (Å²) < 4.78 is 10.1. The maximum atomic E-state index is 5.13. The van der Waals surface area contributed by atoms with Gasteiger partial charge in [0.25, 0.3) is 0 Å². The lowest BCUT2D eigenvalue weighted by Crippen LogP contribution is -1.89. The topological polar surface area (TPSA) is 25.1 Å². The van der Waals surface area contributed by atoms with Gasteiger partial charge >= 0.3 is 0 Å². The van der Waals surface area contributed by atoms with Crippen LogP contribution in [0.15, 0.2) is 30.3 Å². The number of thioether (sulfide) groups is 2. The van der Waals surface area contributed by atoms with E-state index in [-0.39, 0.29) is 0 Å². The summed E-state index contributed by atoms with van der Waals surface area (Å²) >= 11 is 3.91. The molecule has 2 unspecified atom stereocenters. The van der Waals surface area contributed by atoms with E-state index in [0.29, 0.717) is 12.2 Å². The smallest absolute Gasteiger partial charge is 0.0900 e. The molecule has 2 saturated heterocycles. The molecule has 0 aliphatic carbocycles. The Hall–Kier alpha value is -0.160. The first-order chi connectivity index (χ1) is 9.38. The van der Waals surface area contributed by atoms with E-state index in [2.05, 4.69) is 37.3 Å². The van der Waals surface area contributed by atoms with Crippen molar-refractivity contribution in [3.8, 4) is 0 Å². The SMILES string of the molecule is CCSCC1CO1.c1ccc(CSCC2CO2)cc1. The van der Waals surface area contributed by atoms with Crippen LogP contribution in [0.25, 0.3) is 0 Å². The van der Waals surface area contributed by atoms with Gasteiger partial charge in [-0.3, -0.25) is 0 Å². The molecule has 0 spiro atoms. The minimum absolute atomic E-state index is 0.554. The highest BCUT2D eigenvalue weighted by atomic mass is 32.2. The van der Waals surface area contributed by atoms with Crippen molar-refractivity contribution in [3.05, 3.63) is 35.9 Å². The van der Waals surface area contributed by atoms with E-state index in [0.717, 1.165) is 24.7 Å². The molecule has 0 saturated carbocycles. The maximum absolute atomic E-state index is 5.13. The largest absolute Gasteiger partial charge is 0.372 e. The van der Waals surface area contributed by atoms with E-state index in [1.165, 1.54) is 17.1 Å². The van der Waals surface area contributed by atoms with Crippen molar-refractivity contribution >= 4 is 23.5 Å². The van der Waals surface area contributed by atoms with Crippen molar-refractivity contribution in [2.75, 3.05) is 30.5 Å². The van der Waals surface area contributed by atoms with Gasteiger partial charge in [0.1, 0.15) is 0 Å². The van der Waals surface area contributed by atoms with E-state index in [9.17, 15) is 0 Å². The van der Waals surface area contributed by atoms with E-state index in [1.54, 1.807) is 0 Å². The zero-order valence-electron chi connectivity index (χ0n) is 11.4. The Kier molecular flexibility index (Phi) is 7.14. The van der Waals surface area contributed by atoms with Crippen LogP contribution >= 0.6 is 23.5 Å². The van der Waals surface area contributed by atoms with Crippen LogP contribution in [0.1, 0.15) is 12.5 Å². The molecule has 0 bridgehead atoms. The van der Waals surface area contributed by atoms with Gasteiger partial charge < -0.3 is 9.47 Å². The second-order valence-corrected chi connectivity index (χ2v) is 6.92. The molecule has 1 aromatic rings. The summed E-state index contributed by atoms with van der Waals surface area (Å²) in [6, 6.07) is 10.6. The number of epoxide rings is 2. The number of hydrogen-bond donors (Lipinski definition) is 0. The molecule has 2 heterocycles. The molecule has 3 rings (SSSR count). The first kappa shape index (κ1) is 15.2. The Labute approximate surface area is 124 Å². The highest BCUT2D eigenvalue weighted by molar-refractivity contribution is 7.99. The van der Waals surface area contributed by atoms with Crippen LogP contribution in [0.2, 0.25) is 0 Å². The predicted molar refractivity (Wildman–Crippen MR) is 85.1 cm³/mol. The van der Waals surface area contributed by atoms with Gasteiger partial charge in [-0.15, -0.1) is 0 Å². The number of hydrogen-bond acceptors (Lipinski definition) is 4. The zero-order chi connectivity index (χ0) is 13.3. The van der Waals surface area contributed by atoms with Crippen molar-refractivity contribution < 1.29 is 9.47 Å². The molecule has 106 valence electrons. The van der Waals surface area contributed by atoms with Crippen molar-refractivity contribution in [1.29, 1.82) is 0 Å². The lowest BCUT2D eigenvalue weighted by molar-refractivity contribution is 0.426. The Bertz CT molecular complexity index is 337. The van der Waals surface area contributed by atoms with Gasteiger partial charge in [-0.1, -0.05) is 37.3 Å². The normalized spacial score (nSPS) is 23.4. The molecule has 1 aromatic carbocycles. The maximum Gasteiger partial charge on any atom is 0.0900 e. The van der Waals surface area contributed by atoms with Gasteiger partial charge in [-0.05, 0) is 11.3 Å². The first-order valence-electron chi connectivity index (χ1n) is 6.81. The molecule has 2 aliphatic heterocycles. The van der Waals surface area contributed by atoms with Gasteiger partial charge in [0.2, 0.25) is 0 Å². The summed E-state index contributed by atoms with van der Waals surface area (Å²) in [4.78, 5) is 0. The van der Waals surface area contributed by atoms with Gasteiger partial charge in [0.15, 0.2) is 0 Å². The quantitative estimate of drug-likeness (QED) is 0.720. The van der Waals surface area contributed by atoms with Crippen LogP contribution in [0.4, 0.5) is 0 Å². The Morgan fingerprint density at radius 1 is 1.00 bits per heavy atom. The summed E-state index contributed by atoms with van der Waals surface area (Å²) in [5, 5.41) is 0. The molecule has 4 heteroatoms. The zero-order valence-corrected chi connectivity index (χ0v) is 13.1. The van der Waals surface area contributed by atoms with Crippen LogP contribution in [-0.4, -0.2) is 42.7 Å². The lowest BCUT2D eigenvalue weighted by Gasteiger charge is -1.98. The third-order valence-corrected chi connectivity index (χ3v) is 4.89. The highest BCUT2D eigenvalue weighted by Crippen LogP contribution is 2.19. The average Bonchev–Trinajstić information content (AvgIpc) is 3.33. The van der Waals surface area contributed by atoms with Crippen LogP contribution in [0.5, 0.6) is 0 Å². The molecule has 0 aromatic heterocycles. The average molecular weight is 298 g/mol. The fraction of sp³-hybridized carbons (Fsp3) is 0.600. The second kappa shape index (κ2) is 8.90. The molecule has 2 atom stereocenters. The molecule has 2 nitrogen and oxygen atoms in total. The lowest BCUT2D eigenvalue weighted by atomic mass is 10.2. The van der Waals surface area contributed by atoms with Gasteiger partial charge in [-0.25, -0.2) is 0 Å². The highest BCUT2D eigenvalue weighted by Gasteiger charge is 2.21. The van der Waals surface area contributed by atoms with E-state index < -0.39 is 0 Å². The molecule has 2 fully saturated rings. The molecule has 0 amide bonds. The fourth-order valence-electron chi connectivity index (χ4n) is 1.46. The summed E-state index contributed by atoms with van der Waals surface area (Å²) in [6.07, 6.45) is 1.17. The van der Waals surface area contributed by atoms with Crippen molar-refractivity contribution in [1.82, 2.24) is 0 Å². The Morgan fingerprint density at radius 3 is 2.11 bits per heavy atom. The number of ether oxygens (including phenoxy) is 2. The van der Waals surface area contributed by atoms with Crippen LogP contribution in [-0.2, 0) is 15.2 Å². The minimum Gasteiger partial charge on any atom is -0.372 e. The van der Waals surface area contributed by atoms with Crippen molar-refractivity contribution in [3.63, 3.8) is 0 Å². The molecular weight excluding hydrogens is 276 g/mol. The third-order valence-electron chi connectivity index (χ3n) is 2.73. The number of rotatable bonds is 7. The molecule has 2 aliphatic rings. The summed E-state index contributed by atoms with van der Waals surface area (Å²) in [5.41, 5.74) is 1.41. The van der Waals surface area contributed by atoms with Crippen LogP contribution < -0.4 is 0 Å². The summed E-state index contributed by atoms with van der Waals surface area (Å²) in [7, 11) is 0. The van der Waals surface area contributed by atoms with Gasteiger partial charge in [-0.2, -0.15) is 23.5 Å². The van der Waals surface area contributed by atoms with E-state index in [1.807, 2.05) is 23.5 Å². The summed E-state index contributed by atoms with van der Waals surface area (Å²) in [6.45, 7) is 4.15. The van der Waals surface area contributed by atoms with E-state index in [4.69, 9.17) is 9.47 Å². The fourth-order valence-corrected chi connectivity index (χ4v) is 3.15. The van der Waals surface area contributed by atoms with Gasteiger partial charge in [0, 0.05) is 17.3 Å². The monoisotopic (exact) mass is 298 g/mol. The number of benzene rings is 1. The predicted octanol–water partition coefficient (Wildman–Crippen LogP) is 3.46. The van der Waals surface area contributed by atoms with Crippen LogP contribution in [0.3, 0.4) is 0 Å². The van der Waals surface area contributed by atoms with Crippen molar-refractivity contribution in [2.24, 2.45) is 0 Å². The minimum atomic E-state index is 0.554. The first-order valence-corrected chi connectivity index (χ1v) is 9.12. The van der Waals surface area contributed by atoms with E-state index >= 15 is 0 Å². The molecule has 0 radical (unpaired) electrons. The Morgan fingerprint density at radius 2 is 1.58 bits per heavy atom. The standard InChI is InChI=1S/C10H12OS.C5H10OS/c1-2-4-9(5-3-1)7-12-8-10-6-11-10;1-2-7-4-5-3-6-5/h1-5,10H,6-8H2;5H,2-4H2,1H3. The summed E-state index contributed by atoms with van der Waals surface area (Å²) in [5.74, 6) is 4.69.